The molecule has 4 nitrogen and oxygen atoms in total. The fraction of sp³-hybridized carbons (Fsp3) is 0.500. The van der Waals surface area contributed by atoms with Gasteiger partial charge in [-0.3, -0.25) is 4.79 Å². The number of pyridine rings is 1. The first-order valence-corrected chi connectivity index (χ1v) is 5.72. The number of rotatable bonds is 2. The third-order valence-electron chi connectivity index (χ3n) is 3.13. The highest BCUT2D eigenvalue weighted by atomic mass is 19.1. The molecule has 0 saturated carbocycles. The zero-order valence-corrected chi connectivity index (χ0v) is 9.47. The number of halogens is 1. The maximum atomic E-state index is 12.6. The van der Waals surface area contributed by atoms with E-state index in [0.29, 0.717) is 24.6 Å². The number of aliphatic hydroxyl groups is 1. The van der Waals surface area contributed by atoms with Crippen LogP contribution in [-0.2, 0) is 0 Å². The summed E-state index contributed by atoms with van der Waals surface area (Å²) < 4.78 is 12.6. The summed E-state index contributed by atoms with van der Waals surface area (Å²) in [5.74, 6) is -0.403. The summed E-state index contributed by atoms with van der Waals surface area (Å²) in [6.07, 6.45) is 2.89. The smallest absolute Gasteiger partial charge is 0.255 e. The lowest BCUT2D eigenvalue weighted by atomic mass is 9.97. The average Bonchev–Trinajstić information content (AvgIpc) is 2.39. The number of carbonyl (C=O) groups excluding carboxylic acids is 1. The summed E-state index contributed by atoms with van der Waals surface area (Å²) >= 11 is 0. The maximum absolute atomic E-state index is 12.6. The molecule has 1 aromatic rings. The van der Waals surface area contributed by atoms with Gasteiger partial charge >= 0.3 is 0 Å². The van der Waals surface area contributed by atoms with Crippen molar-refractivity contribution in [1.82, 2.24) is 9.88 Å². The van der Waals surface area contributed by atoms with Crippen LogP contribution in [0.3, 0.4) is 0 Å². The largest absolute Gasteiger partial charge is 0.396 e. The molecule has 0 aliphatic carbocycles. The van der Waals surface area contributed by atoms with E-state index < -0.39 is 5.95 Å². The Morgan fingerprint density at radius 1 is 1.47 bits per heavy atom. The highest BCUT2D eigenvalue weighted by Crippen LogP contribution is 2.18. The lowest BCUT2D eigenvalue weighted by Crippen LogP contribution is -2.39. The molecule has 17 heavy (non-hydrogen) atoms. The van der Waals surface area contributed by atoms with Gasteiger partial charge in [0, 0.05) is 25.9 Å². The normalized spacial score (nSPS) is 17.2. The predicted molar refractivity (Wildman–Crippen MR) is 59.9 cm³/mol. The monoisotopic (exact) mass is 238 g/mol. The first-order valence-electron chi connectivity index (χ1n) is 5.72. The van der Waals surface area contributed by atoms with Gasteiger partial charge in [-0.05, 0) is 30.9 Å². The number of nitrogens with zero attached hydrogens (tertiary/aromatic N) is 2. The Hall–Kier alpha value is -1.49. The first kappa shape index (κ1) is 12.0. The number of likely N-dealkylation sites (tertiary alicyclic amines) is 1. The molecule has 1 saturated heterocycles. The molecule has 1 fully saturated rings. The van der Waals surface area contributed by atoms with Gasteiger partial charge in [0.2, 0.25) is 5.95 Å². The van der Waals surface area contributed by atoms with Crippen LogP contribution in [0.25, 0.3) is 0 Å². The summed E-state index contributed by atoms with van der Waals surface area (Å²) in [6.45, 7) is 1.46. The van der Waals surface area contributed by atoms with E-state index in [2.05, 4.69) is 4.98 Å². The minimum Gasteiger partial charge on any atom is -0.396 e. The number of hydrogen-bond acceptors (Lipinski definition) is 3. The van der Waals surface area contributed by atoms with Crippen LogP contribution in [0.5, 0.6) is 0 Å². The van der Waals surface area contributed by atoms with Gasteiger partial charge in [0.25, 0.3) is 5.91 Å². The predicted octanol–water partition coefficient (Wildman–Crippen LogP) is 1.07. The second-order valence-corrected chi connectivity index (χ2v) is 4.29. The van der Waals surface area contributed by atoms with Gasteiger partial charge in [0.1, 0.15) is 0 Å². The molecule has 0 spiro atoms. The van der Waals surface area contributed by atoms with E-state index >= 15 is 0 Å². The van der Waals surface area contributed by atoms with Crippen molar-refractivity contribution in [1.29, 1.82) is 0 Å². The highest BCUT2D eigenvalue weighted by molar-refractivity contribution is 5.93. The van der Waals surface area contributed by atoms with Crippen LogP contribution in [0.2, 0.25) is 0 Å². The fourth-order valence-corrected chi connectivity index (χ4v) is 2.00. The number of carbonyl (C=O) groups is 1. The minimum absolute atomic E-state index is 0.117. The Kier molecular flexibility index (Phi) is 3.68. The van der Waals surface area contributed by atoms with E-state index in [-0.39, 0.29) is 12.5 Å². The van der Waals surface area contributed by atoms with Crippen LogP contribution in [0.15, 0.2) is 18.3 Å². The molecule has 5 heteroatoms. The highest BCUT2D eigenvalue weighted by Gasteiger charge is 2.23. The van der Waals surface area contributed by atoms with Gasteiger partial charge in [-0.15, -0.1) is 0 Å². The van der Waals surface area contributed by atoms with Gasteiger partial charge in [-0.2, -0.15) is 4.39 Å². The zero-order chi connectivity index (χ0) is 12.3. The standard InChI is InChI=1S/C12H15FN2O2/c13-11-2-1-10(7-14-11)12(17)15-5-3-9(8-16)4-6-15/h1-2,7,9,16H,3-6,8H2. The van der Waals surface area contributed by atoms with Crippen LogP contribution in [0.1, 0.15) is 23.2 Å². The summed E-state index contributed by atoms with van der Waals surface area (Å²) in [6, 6.07) is 2.64. The maximum Gasteiger partial charge on any atom is 0.255 e. The molecular weight excluding hydrogens is 223 g/mol. The number of hydrogen-bond donors (Lipinski definition) is 1. The molecule has 0 bridgehead atoms. The lowest BCUT2D eigenvalue weighted by Gasteiger charge is -2.31. The number of aliphatic hydroxyl groups excluding tert-OH is 1. The van der Waals surface area contributed by atoms with Crippen molar-refractivity contribution < 1.29 is 14.3 Å². The third kappa shape index (κ3) is 2.79. The van der Waals surface area contributed by atoms with Crippen molar-refractivity contribution in [3.8, 4) is 0 Å². The van der Waals surface area contributed by atoms with Crippen LogP contribution in [0, 0.1) is 11.9 Å². The number of aromatic nitrogens is 1. The van der Waals surface area contributed by atoms with Crippen LogP contribution < -0.4 is 0 Å². The van der Waals surface area contributed by atoms with Crippen molar-refractivity contribution in [2.75, 3.05) is 19.7 Å². The topological polar surface area (TPSA) is 53.4 Å². The van der Waals surface area contributed by atoms with Crippen molar-refractivity contribution >= 4 is 5.91 Å². The molecule has 1 N–H and O–H groups in total. The van der Waals surface area contributed by atoms with E-state index in [1.165, 1.54) is 18.3 Å². The van der Waals surface area contributed by atoms with Crippen LogP contribution in [-0.4, -0.2) is 40.6 Å². The molecule has 1 aliphatic heterocycles. The molecule has 0 unspecified atom stereocenters. The Bertz CT molecular complexity index is 386. The van der Waals surface area contributed by atoms with E-state index in [9.17, 15) is 9.18 Å². The van der Waals surface area contributed by atoms with Crippen molar-refractivity contribution in [3.63, 3.8) is 0 Å². The Morgan fingerprint density at radius 3 is 2.71 bits per heavy atom. The van der Waals surface area contributed by atoms with Crippen LogP contribution in [0.4, 0.5) is 4.39 Å². The number of piperidine rings is 1. The Balaban J connectivity index is 1.99. The second kappa shape index (κ2) is 5.23. The molecule has 0 radical (unpaired) electrons. The molecule has 0 atom stereocenters. The molecular formula is C12H15FN2O2. The zero-order valence-electron chi connectivity index (χ0n) is 9.47. The molecule has 1 aromatic heterocycles. The van der Waals surface area contributed by atoms with E-state index in [1.807, 2.05) is 0 Å². The average molecular weight is 238 g/mol. The van der Waals surface area contributed by atoms with Crippen molar-refractivity contribution in [3.05, 3.63) is 29.8 Å². The molecule has 1 aliphatic rings. The first-order chi connectivity index (χ1) is 8.20. The molecule has 0 aromatic carbocycles. The SMILES string of the molecule is O=C(c1ccc(F)nc1)N1CCC(CO)CC1. The summed E-state index contributed by atoms with van der Waals surface area (Å²) in [4.78, 5) is 17.2. The van der Waals surface area contributed by atoms with E-state index in [4.69, 9.17) is 5.11 Å². The van der Waals surface area contributed by atoms with Gasteiger partial charge < -0.3 is 10.0 Å². The molecule has 2 heterocycles. The Labute approximate surface area is 99.1 Å². The second-order valence-electron chi connectivity index (χ2n) is 4.29. The summed E-state index contributed by atoms with van der Waals surface area (Å²) in [7, 11) is 0. The van der Waals surface area contributed by atoms with Gasteiger partial charge in [0.05, 0.1) is 5.56 Å². The summed E-state index contributed by atoms with van der Waals surface area (Å²) in [5.41, 5.74) is 0.411. The fourth-order valence-electron chi connectivity index (χ4n) is 2.00. The van der Waals surface area contributed by atoms with E-state index in [0.717, 1.165) is 12.8 Å². The van der Waals surface area contributed by atoms with Gasteiger partial charge in [-0.1, -0.05) is 0 Å². The third-order valence-corrected chi connectivity index (χ3v) is 3.13. The molecule has 2 rings (SSSR count). The van der Waals surface area contributed by atoms with Crippen molar-refractivity contribution in [2.24, 2.45) is 5.92 Å². The van der Waals surface area contributed by atoms with E-state index in [1.54, 1.807) is 4.90 Å². The van der Waals surface area contributed by atoms with Gasteiger partial charge in [-0.25, -0.2) is 4.98 Å². The Morgan fingerprint density at radius 2 is 2.18 bits per heavy atom. The van der Waals surface area contributed by atoms with Crippen LogP contribution >= 0.6 is 0 Å². The molecule has 1 amide bonds. The summed E-state index contributed by atoms with van der Waals surface area (Å²) in [5, 5.41) is 9.01. The van der Waals surface area contributed by atoms with Gasteiger partial charge in [0.15, 0.2) is 0 Å². The minimum atomic E-state index is -0.583. The quantitative estimate of drug-likeness (QED) is 0.784. The lowest BCUT2D eigenvalue weighted by molar-refractivity contribution is 0.0650. The van der Waals surface area contributed by atoms with Crippen molar-refractivity contribution in [2.45, 2.75) is 12.8 Å². The number of amides is 1. The molecule has 92 valence electrons.